The molecule has 1 atom stereocenters. The van der Waals surface area contributed by atoms with Crippen molar-refractivity contribution in [2.24, 2.45) is 5.92 Å². The number of hydrogen-bond acceptors (Lipinski definition) is 2. The van der Waals surface area contributed by atoms with E-state index in [1.165, 1.54) is 0 Å². The van der Waals surface area contributed by atoms with Crippen LogP contribution in [0.25, 0.3) is 0 Å². The number of amides is 1. The van der Waals surface area contributed by atoms with Gasteiger partial charge in [-0.05, 0) is 24.5 Å². The number of nitrogen functional groups attached to an aromatic ring is 1. The van der Waals surface area contributed by atoms with Crippen molar-refractivity contribution in [3.05, 3.63) is 23.8 Å². The molecule has 2 rings (SSSR count). The summed E-state index contributed by atoms with van der Waals surface area (Å²) in [6.45, 7) is 2.62. The van der Waals surface area contributed by atoms with E-state index >= 15 is 0 Å². The van der Waals surface area contributed by atoms with Crippen LogP contribution in [-0.4, -0.2) is 18.3 Å². The van der Waals surface area contributed by atoms with Crippen molar-refractivity contribution in [3.63, 3.8) is 0 Å². The molecule has 1 saturated heterocycles. The molecule has 1 aliphatic rings. The van der Waals surface area contributed by atoms with Gasteiger partial charge >= 0.3 is 0 Å². The van der Waals surface area contributed by atoms with Crippen LogP contribution in [0.5, 0.6) is 0 Å². The molecule has 0 aromatic heterocycles. The molecule has 1 unspecified atom stereocenters. The van der Waals surface area contributed by atoms with Crippen LogP contribution in [0.1, 0.15) is 12.0 Å². The number of alkyl halides is 1. The normalized spacial score (nSPS) is 20.5. The standard InChI is InChI=1S/C12H15ClN2O/c1-8-3-2-4-10(12(8)14)15-7-9(6-13)5-11(15)16/h2-4,9H,5-7,14H2,1H3. The summed E-state index contributed by atoms with van der Waals surface area (Å²) in [4.78, 5) is 13.6. The highest BCUT2D eigenvalue weighted by Crippen LogP contribution is 2.31. The van der Waals surface area contributed by atoms with Crippen LogP contribution in [0.4, 0.5) is 11.4 Å². The second-order valence-electron chi connectivity index (χ2n) is 4.24. The molecule has 1 aromatic carbocycles. The molecule has 1 fully saturated rings. The Morgan fingerprint density at radius 3 is 2.94 bits per heavy atom. The third kappa shape index (κ3) is 1.87. The van der Waals surface area contributed by atoms with Crippen LogP contribution >= 0.6 is 11.6 Å². The zero-order valence-corrected chi connectivity index (χ0v) is 10.00. The number of carbonyl (C=O) groups is 1. The summed E-state index contributed by atoms with van der Waals surface area (Å²) in [5, 5.41) is 0. The van der Waals surface area contributed by atoms with E-state index < -0.39 is 0 Å². The van der Waals surface area contributed by atoms with Crippen molar-refractivity contribution in [2.75, 3.05) is 23.1 Å². The minimum absolute atomic E-state index is 0.114. The Kier molecular flexibility index (Phi) is 3.06. The molecular formula is C12H15ClN2O. The molecule has 86 valence electrons. The molecule has 0 aliphatic carbocycles. The van der Waals surface area contributed by atoms with Crippen molar-refractivity contribution in [1.82, 2.24) is 0 Å². The second-order valence-corrected chi connectivity index (χ2v) is 4.55. The highest BCUT2D eigenvalue weighted by atomic mass is 35.5. The molecule has 0 bridgehead atoms. The smallest absolute Gasteiger partial charge is 0.227 e. The largest absolute Gasteiger partial charge is 0.397 e. The fraction of sp³-hybridized carbons (Fsp3) is 0.417. The summed E-state index contributed by atoms with van der Waals surface area (Å²) in [5.74, 6) is 0.880. The number of para-hydroxylation sites is 1. The lowest BCUT2D eigenvalue weighted by atomic mass is 10.1. The Morgan fingerprint density at radius 1 is 1.56 bits per heavy atom. The van der Waals surface area contributed by atoms with Gasteiger partial charge in [0, 0.05) is 18.8 Å². The first-order valence-corrected chi connectivity index (χ1v) is 5.88. The third-order valence-corrected chi connectivity index (χ3v) is 3.45. The highest BCUT2D eigenvalue weighted by Gasteiger charge is 2.30. The van der Waals surface area contributed by atoms with Crippen molar-refractivity contribution in [1.29, 1.82) is 0 Å². The molecule has 2 N–H and O–H groups in total. The first kappa shape index (κ1) is 11.3. The lowest BCUT2D eigenvalue weighted by Gasteiger charge is -2.19. The molecule has 16 heavy (non-hydrogen) atoms. The fourth-order valence-corrected chi connectivity index (χ4v) is 2.22. The van der Waals surface area contributed by atoms with Gasteiger partial charge in [-0.2, -0.15) is 0 Å². The Hall–Kier alpha value is -1.22. The number of hydrogen-bond donors (Lipinski definition) is 1. The maximum Gasteiger partial charge on any atom is 0.227 e. The van der Waals surface area contributed by atoms with Gasteiger partial charge in [-0.25, -0.2) is 0 Å². The monoisotopic (exact) mass is 238 g/mol. The van der Waals surface area contributed by atoms with Crippen LogP contribution in [-0.2, 0) is 4.79 Å². The van der Waals surface area contributed by atoms with Gasteiger partial charge in [0.2, 0.25) is 5.91 Å². The van der Waals surface area contributed by atoms with E-state index in [2.05, 4.69) is 0 Å². The summed E-state index contributed by atoms with van der Waals surface area (Å²) in [7, 11) is 0. The number of aryl methyl sites for hydroxylation is 1. The highest BCUT2D eigenvalue weighted by molar-refractivity contribution is 6.18. The van der Waals surface area contributed by atoms with E-state index in [1.54, 1.807) is 4.90 Å². The minimum atomic E-state index is 0.114. The number of nitrogens with two attached hydrogens (primary N) is 1. The Morgan fingerprint density at radius 2 is 2.31 bits per heavy atom. The summed E-state index contributed by atoms with van der Waals surface area (Å²) >= 11 is 5.79. The van der Waals surface area contributed by atoms with Crippen molar-refractivity contribution in [3.8, 4) is 0 Å². The molecule has 1 amide bonds. The zero-order chi connectivity index (χ0) is 11.7. The number of halogens is 1. The average molecular weight is 239 g/mol. The average Bonchev–Trinajstić information content (AvgIpc) is 2.64. The molecule has 0 spiro atoms. The summed E-state index contributed by atoms with van der Waals surface area (Å²) in [6.07, 6.45) is 0.525. The number of rotatable bonds is 2. The molecule has 1 heterocycles. The molecule has 1 aromatic rings. The molecular weight excluding hydrogens is 224 g/mol. The predicted molar refractivity (Wildman–Crippen MR) is 66.8 cm³/mol. The molecule has 1 aliphatic heterocycles. The first-order valence-electron chi connectivity index (χ1n) is 5.35. The van der Waals surface area contributed by atoms with Gasteiger partial charge in [-0.1, -0.05) is 12.1 Å². The first-order chi connectivity index (χ1) is 7.63. The number of anilines is 2. The lowest BCUT2D eigenvalue weighted by molar-refractivity contribution is -0.117. The Labute approximate surface area is 100 Å². The van der Waals surface area contributed by atoms with Crippen molar-refractivity contribution < 1.29 is 4.79 Å². The van der Waals surface area contributed by atoms with Gasteiger partial charge in [0.05, 0.1) is 11.4 Å². The van der Waals surface area contributed by atoms with Crippen molar-refractivity contribution in [2.45, 2.75) is 13.3 Å². The van der Waals surface area contributed by atoms with Gasteiger partial charge < -0.3 is 10.6 Å². The molecule has 3 nitrogen and oxygen atoms in total. The van der Waals surface area contributed by atoms with Gasteiger partial charge in [0.25, 0.3) is 0 Å². The topological polar surface area (TPSA) is 46.3 Å². The van der Waals surface area contributed by atoms with E-state index in [9.17, 15) is 4.79 Å². The van der Waals surface area contributed by atoms with Crippen LogP contribution < -0.4 is 10.6 Å². The van der Waals surface area contributed by atoms with Gasteiger partial charge in [-0.15, -0.1) is 11.6 Å². The van der Waals surface area contributed by atoms with E-state index in [0.29, 0.717) is 24.5 Å². The van der Waals surface area contributed by atoms with Crippen LogP contribution in [0.3, 0.4) is 0 Å². The van der Waals surface area contributed by atoms with Crippen LogP contribution in [0.15, 0.2) is 18.2 Å². The minimum Gasteiger partial charge on any atom is -0.397 e. The van der Waals surface area contributed by atoms with E-state index in [-0.39, 0.29) is 11.8 Å². The van der Waals surface area contributed by atoms with Gasteiger partial charge in [0.1, 0.15) is 0 Å². The maximum absolute atomic E-state index is 11.8. The lowest BCUT2D eigenvalue weighted by Crippen LogP contribution is -2.25. The quantitative estimate of drug-likeness (QED) is 0.634. The fourth-order valence-electron chi connectivity index (χ4n) is 2.02. The molecule has 0 saturated carbocycles. The SMILES string of the molecule is Cc1cccc(N2CC(CCl)CC2=O)c1N. The van der Waals surface area contributed by atoms with Gasteiger partial charge in [-0.3, -0.25) is 4.79 Å². The predicted octanol–water partition coefficient (Wildman–Crippen LogP) is 2.17. The van der Waals surface area contributed by atoms with Crippen LogP contribution in [0, 0.1) is 12.8 Å². The summed E-state index contributed by atoms with van der Waals surface area (Å²) in [6, 6.07) is 5.75. The zero-order valence-electron chi connectivity index (χ0n) is 9.24. The second kappa shape index (κ2) is 4.34. The van der Waals surface area contributed by atoms with Crippen LogP contribution in [0.2, 0.25) is 0 Å². The number of benzene rings is 1. The third-order valence-electron chi connectivity index (χ3n) is 3.02. The van der Waals surface area contributed by atoms with Gasteiger partial charge in [0.15, 0.2) is 0 Å². The van der Waals surface area contributed by atoms with E-state index in [1.807, 2.05) is 25.1 Å². The van der Waals surface area contributed by atoms with E-state index in [0.717, 1.165) is 11.3 Å². The molecule has 0 radical (unpaired) electrons. The number of carbonyl (C=O) groups excluding carboxylic acids is 1. The molecule has 4 heteroatoms. The van der Waals surface area contributed by atoms with E-state index in [4.69, 9.17) is 17.3 Å². The maximum atomic E-state index is 11.8. The van der Waals surface area contributed by atoms with Crippen molar-refractivity contribution >= 4 is 28.9 Å². The summed E-state index contributed by atoms with van der Waals surface area (Å²) < 4.78 is 0. The summed E-state index contributed by atoms with van der Waals surface area (Å²) in [5.41, 5.74) is 8.49. The Balaban J connectivity index is 2.31. The number of nitrogens with zero attached hydrogens (tertiary/aromatic N) is 1. The Bertz CT molecular complexity index is 419.